The molecule has 2 heterocycles. The van der Waals surface area contributed by atoms with Crippen molar-refractivity contribution in [2.24, 2.45) is 0 Å². The van der Waals surface area contributed by atoms with E-state index >= 15 is 0 Å². The summed E-state index contributed by atoms with van der Waals surface area (Å²) in [4.78, 5) is 6.76. The first kappa shape index (κ1) is 27.3. The van der Waals surface area contributed by atoms with Gasteiger partial charge in [-0.05, 0) is 57.5 Å². The zero-order valence-corrected chi connectivity index (χ0v) is 22.5. The number of nitrogens with two attached hydrogens (primary N) is 1. The van der Waals surface area contributed by atoms with Gasteiger partial charge in [0.15, 0.2) is 11.6 Å². The van der Waals surface area contributed by atoms with E-state index < -0.39 is 6.10 Å². The van der Waals surface area contributed by atoms with Crippen molar-refractivity contribution in [1.82, 2.24) is 25.0 Å². The van der Waals surface area contributed by atoms with Crippen molar-refractivity contribution in [2.75, 3.05) is 32.0 Å². The summed E-state index contributed by atoms with van der Waals surface area (Å²) in [7, 11) is 0. The van der Waals surface area contributed by atoms with E-state index in [4.69, 9.17) is 33.7 Å². The van der Waals surface area contributed by atoms with Gasteiger partial charge in [-0.1, -0.05) is 43.1 Å². The van der Waals surface area contributed by atoms with Crippen LogP contribution in [0, 0.1) is 6.92 Å². The molecule has 9 heteroatoms. The van der Waals surface area contributed by atoms with Crippen LogP contribution in [0.3, 0.4) is 0 Å². The van der Waals surface area contributed by atoms with E-state index in [1.165, 1.54) is 0 Å². The largest absolute Gasteiger partial charge is 0.482 e. The molecule has 0 spiro atoms. The Morgan fingerprint density at radius 2 is 1.94 bits per heavy atom. The lowest BCUT2D eigenvalue weighted by Gasteiger charge is -2.22. The van der Waals surface area contributed by atoms with E-state index in [2.05, 4.69) is 34.1 Å². The summed E-state index contributed by atoms with van der Waals surface area (Å²) in [5.74, 6) is 0.787. The molecule has 190 valence electrons. The monoisotopic (exact) mass is 518 g/mol. The lowest BCUT2D eigenvalue weighted by molar-refractivity contribution is 0.228. The first-order chi connectivity index (χ1) is 16.8. The first-order valence-electron chi connectivity index (χ1n) is 12.2. The summed E-state index contributed by atoms with van der Waals surface area (Å²) < 4.78 is 8.13. The summed E-state index contributed by atoms with van der Waals surface area (Å²) in [5.41, 5.74) is 9.63. The van der Waals surface area contributed by atoms with E-state index in [0.717, 1.165) is 67.9 Å². The number of hydrogen-bond donors (Lipinski definition) is 2. The van der Waals surface area contributed by atoms with Crippen LogP contribution in [0.25, 0.3) is 11.1 Å². The van der Waals surface area contributed by atoms with Crippen molar-refractivity contribution in [3.63, 3.8) is 0 Å². The van der Waals surface area contributed by atoms with Crippen molar-refractivity contribution in [3.8, 4) is 16.9 Å². The molecular formula is C26H36Cl2N6O. The first-order valence-corrected chi connectivity index (χ1v) is 12.9. The van der Waals surface area contributed by atoms with E-state index in [1.54, 1.807) is 6.20 Å². The molecule has 2 aromatic heterocycles. The third-order valence-corrected chi connectivity index (χ3v) is 6.66. The van der Waals surface area contributed by atoms with Gasteiger partial charge >= 0.3 is 0 Å². The molecule has 1 atom stereocenters. The second kappa shape index (κ2) is 13.1. The molecule has 0 aliphatic carbocycles. The summed E-state index contributed by atoms with van der Waals surface area (Å²) in [6.07, 6.45) is 7.46. The van der Waals surface area contributed by atoms with Gasteiger partial charge in [0.1, 0.15) is 6.10 Å². The van der Waals surface area contributed by atoms with Crippen molar-refractivity contribution < 1.29 is 4.74 Å². The third kappa shape index (κ3) is 7.34. The summed E-state index contributed by atoms with van der Waals surface area (Å²) >= 11 is 12.9. The van der Waals surface area contributed by atoms with Crippen LogP contribution in [0.4, 0.5) is 5.82 Å². The van der Waals surface area contributed by atoms with Gasteiger partial charge in [0, 0.05) is 47.3 Å². The lowest BCUT2D eigenvalue weighted by atomic mass is 10.1. The molecule has 3 aromatic rings. The summed E-state index contributed by atoms with van der Waals surface area (Å²) in [5, 5.41) is 9.18. The molecule has 0 radical (unpaired) electrons. The van der Waals surface area contributed by atoms with Gasteiger partial charge in [-0.2, -0.15) is 5.10 Å². The molecule has 0 amide bonds. The lowest BCUT2D eigenvalue weighted by Crippen LogP contribution is -2.37. The Morgan fingerprint density at radius 3 is 2.69 bits per heavy atom. The van der Waals surface area contributed by atoms with Crippen molar-refractivity contribution in [1.29, 1.82) is 0 Å². The van der Waals surface area contributed by atoms with Gasteiger partial charge in [-0.25, -0.2) is 4.98 Å². The van der Waals surface area contributed by atoms with Crippen LogP contribution in [-0.2, 0) is 6.54 Å². The standard InChI is InChI=1S/C26H36Cl2N6O/c1-5-9-30-17-33(10-6-2)11-12-34-16-21(15-32-34)20-13-23(26(29)31-14-20)35-19(4)24-22(27)8-7-18(3)25(24)28/h7-8,13-16,19,30H,5-6,9-12,17H2,1-4H3,(H2,29,31). The average molecular weight is 520 g/mol. The maximum Gasteiger partial charge on any atom is 0.166 e. The topological polar surface area (TPSA) is 81.2 Å². The minimum Gasteiger partial charge on any atom is -0.482 e. The van der Waals surface area contributed by atoms with Crippen LogP contribution in [0.15, 0.2) is 36.8 Å². The molecule has 0 bridgehead atoms. The molecule has 3 N–H and O–H groups in total. The van der Waals surface area contributed by atoms with Crippen LogP contribution < -0.4 is 15.8 Å². The predicted molar refractivity (Wildman–Crippen MR) is 145 cm³/mol. The number of halogens is 2. The average Bonchev–Trinajstić information content (AvgIpc) is 3.31. The second-order valence-corrected chi connectivity index (χ2v) is 9.51. The summed E-state index contributed by atoms with van der Waals surface area (Å²) in [6.45, 7) is 12.9. The second-order valence-electron chi connectivity index (χ2n) is 8.73. The van der Waals surface area contributed by atoms with Gasteiger partial charge in [0.25, 0.3) is 0 Å². The minimum absolute atomic E-state index is 0.308. The molecule has 0 fully saturated rings. The number of aromatic nitrogens is 3. The fourth-order valence-electron chi connectivity index (χ4n) is 3.89. The number of benzene rings is 1. The van der Waals surface area contributed by atoms with E-state index in [9.17, 15) is 0 Å². The number of pyridine rings is 1. The smallest absolute Gasteiger partial charge is 0.166 e. The number of aryl methyl sites for hydroxylation is 1. The zero-order valence-electron chi connectivity index (χ0n) is 21.0. The predicted octanol–water partition coefficient (Wildman–Crippen LogP) is 5.95. The fraction of sp³-hybridized carbons (Fsp3) is 0.462. The van der Waals surface area contributed by atoms with Crippen molar-refractivity contribution in [3.05, 3.63) is 58.0 Å². The highest BCUT2D eigenvalue weighted by atomic mass is 35.5. The number of nitrogen functional groups attached to an aromatic ring is 1. The highest BCUT2D eigenvalue weighted by Gasteiger charge is 2.19. The molecule has 0 saturated heterocycles. The molecule has 0 saturated carbocycles. The van der Waals surface area contributed by atoms with E-state index in [-0.39, 0.29) is 0 Å². The number of anilines is 1. The quantitative estimate of drug-likeness (QED) is 0.215. The Balaban J connectivity index is 1.71. The molecule has 0 aliphatic heterocycles. The maximum absolute atomic E-state index is 6.51. The molecule has 1 aromatic carbocycles. The zero-order chi connectivity index (χ0) is 25.4. The number of hydrogen-bond acceptors (Lipinski definition) is 6. The molecule has 35 heavy (non-hydrogen) atoms. The van der Waals surface area contributed by atoms with Gasteiger partial charge < -0.3 is 15.8 Å². The van der Waals surface area contributed by atoms with Gasteiger partial charge in [-0.15, -0.1) is 0 Å². The SMILES string of the molecule is CCCNCN(CCC)CCn1cc(-c2cnc(N)c(OC(C)c3c(Cl)ccc(C)c3Cl)c2)cn1. The number of rotatable bonds is 13. The molecule has 7 nitrogen and oxygen atoms in total. The Bertz CT molecular complexity index is 1100. The molecule has 3 rings (SSSR count). The van der Waals surface area contributed by atoms with Gasteiger partial charge in [0.2, 0.25) is 0 Å². The fourth-order valence-corrected chi connectivity index (χ4v) is 4.56. The molecule has 1 unspecified atom stereocenters. The van der Waals surface area contributed by atoms with Crippen LogP contribution in [0.5, 0.6) is 5.75 Å². The van der Waals surface area contributed by atoms with Crippen LogP contribution in [-0.4, -0.2) is 46.0 Å². The van der Waals surface area contributed by atoms with Crippen molar-refractivity contribution >= 4 is 29.0 Å². The van der Waals surface area contributed by atoms with Crippen molar-refractivity contribution in [2.45, 2.75) is 53.2 Å². The number of ether oxygens (including phenoxy) is 1. The Morgan fingerprint density at radius 1 is 1.14 bits per heavy atom. The highest BCUT2D eigenvalue weighted by molar-refractivity contribution is 6.36. The Hall–Kier alpha value is -2.32. The molecular weight excluding hydrogens is 483 g/mol. The van der Waals surface area contributed by atoms with Gasteiger partial charge in [-0.3, -0.25) is 9.58 Å². The number of nitrogens with one attached hydrogen (secondary N) is 1. The van der Waals surface area contributed by atoms with E-state index in [1.807, 2.05) is 49.1 Å². The molecule has 0 aliphatic rings. The van der Waals surface area contributed by atoms with E-state index in [0.29, 0.717) is 21.6 Å². The third-order valence-electron chi connectivity index (χ3n) is 5.83. The van der Waals surface area contributed by atoms with Crippen LogP contribution in [0.1, 0.15) is 50.8 Å². The van der Waals surface area contributed by atoms with Crippen LogP contribution in [0.2, 0.25) is 10.0 Å². The Labute approximate surface area is 218 Å². The normalized spacial score (nSPS) is 12.3. The maximum atomic E-state index is 6.51. The summed E-state index contributed by atoms with van der Waals surface area (Å²) in [6, 6.07) is 5.60. The highest BCUT2D eigenvalue weighted by Crippen LogP contribution is 2.37. The Kier molecular flexibility index (Phi) is 10.2. The van der Waals surface area contributed by atoms with Gasteiger partial charge in [0.05, 0.1) is 17.8 Å². The van der Waals surface area contributed by atoms with Crippen LogP contribution >= 0.6 is 23.2 Å². The minimum atomic E-state index is -0.400. The number of nitrogens with zero attached hydrogens (tertiary/aromatic N) is 4.